The molecule has 0 saturated heterocycles. The molecule has 2 rings (SSSR count). The highest BCUT2D eigenvalue weighted by atomic mass is 79.9. The van der Waals surface area contributed by atoms with E-state index < -0.39 is 17.0 Å². The number of halogens is 2. The standard InChI is InChI=1S/C11H12BrFN6O2S/c1-15-22(20)16-5-9-10(19-21-18-9)11(14)17-6-2-3-8(13)7(12)4-6/h2-4,15-16H,5H2,1H3,(H2,14,17). The van der Waals surface area contributed by atoms with Gasteiger partial charge in [0.2, 0.25) is 0 Å². The Hall–Kier alpha value is -1.69. The van der Waals surface area contributed by atoms with E-state index in [1.807, 2.05) is 0 Å². The van der Waals surface area contributed by atoms with Crippen LogP contribution in [0, 0.1) is 5.82 Å². The van der Waals surface area contributed by atoms with Gasteiger partial charge in [-0.05, 0) is 46.3 Å². The van der Waals surface area contributed by atoms with Crippen LogP contribution in [0.4, 0.5) is 10.1 Å². The van der Waals surface area contributed by atoms with Gasteiger partial charge in [-0.2, -0.15) is 0 Å². The predicted octanol–water partition coefficient (Wildman–Crippen LogP) is 0.896. The third kappa shape index (κ3) is 4.16. The summed E-state index contributed by atoms with van der Waals surface area (Å²) >= 11 is 1.65. The summed E-state index contributed by atoms with van der Waals surface area (Å²) in [6, 6.07) is 4.20. The Morgan fingerprint density at radius 3 is 3.00 bits per heavy atom. The number of benzene rings is 1. The van der Waals surface area contributed by atoms with Gasteiger partial charge in [0.1, 0.15) is 11.5 Å². The van der Waals surface area contributed by atoms with Gasteiger partial charge in [0, 0.05) is 0 Å². The van der Waals surface area contributed by atoms with Crippen molar-refractivity contribution in [3.8, 4) is 0 Å². The molecule has 0 aliphatic carbocycles. The molecule has 1 unspecified atom stereocenters. The van der Waals surface area contributed by atoms with Crippen LogP contribution in [0.5, 0.6) is 0 Å². The summed E-state index contributed by atoms with van der Waals surface area (Å²) in [6.07, 6.45) is 0. The number of hydrogen-bond donors (Lipinski definition) is 3. The molecule has 11 heteroatoms. The van der Waals surface area contributed by atoms with Crippen molar-refractivity contribution in [1.29, 1.82) is 0 Å². The average molecular weight is 391 g/mol. The van der Waals surface area contributed by atoms with Crippen LogP contribution < -0.4 is 15.2 Å². The molecular weight excluding hydrogens is 379 g/mol. The highest BCUT2D eigenvalue weighted by Gasteiger charge is 2.14. The Morgan fingerprint density at radius 2 is 2.32 bits per heavy atom. The van der Waals surface area contributed by atoms with E-state index in [0.717, 1.165) is 0 Å². The Labute approximate surface area is 136 Å². The molecule has 22 heavy (non-hydrogen) atoms. The molecule has 1 atom stereocenters. The van der Waals surface area contributed by atoms with Gasteiger partial charge in [-0.25, -0.2) is 27.7 Å². The maximum Gasteiger partial charge on any atom is 0.174 e. The van der Waals surface area contributed by atoms with Gasteiger partial charge in [-0.15, -0.1) is 0 Å². The molecular formula is C11H12BrFN6O2S. The zero-order valence-corrected chi connectivity index (χ0v) is 13.7. The molecule has 0 amide bonds. The number of amidine groups is 1. The van der Waals surface area contributed by atoms with Crippen molar-refractivity contribution in [2.24, 2.45) is 10.7 Å². The van der Waals surface area contributed by atoms with E-state index in [1.54, 1.807) is 0 Å². The molecule has 4 N–H and O–H groups in total. The number of nitrogens with two attached hydrogens (primary N) is 1. The topological polar surface area (TPSA) is 118 Å². The molecule has 1 aromatic carbocycles. The second-order valence-corrected chi connectivity index (χ2v) is 6.04. The maximum atomic E-state index is 13.2. The molecule has 0 bridgehead atoms. The molecule has 2 aromatic rings. The second-order valence-electron chi connectivity index (χ2n) is 3.95. The minimum Gasteiger partial charge on any atom is -0.382 e. The van der Waals surface area contributed by atoms with E-state index in [0.29, 0.717) is 11.4 Å². The lowest BCUT2D eigenvalue weighted by Crippen LogP contribution is -2.28. The highest BCUT2D eigenvalue weighted by molar-refractivity contribution is 9.10. The summed E-state index contributed by atoms with van der Waals surface area (Å²) in [6.45, 7) is 0.121. The Balaban J connectivity index is 2.20. The largest absolute Gasteiger partial charge is 0.382 e. The van der Waals surface area contributed by atoms with Crippen LogP contribution in [0.1, 0.15) is 11.4 Å². The molecule has 118 valence electrons. The summed E-state index contributed by atoms with van der Waals surface area (Å²) in [7, 11) is 1.54. The van der Waals surface area contributed by atoms with Crippen LogP contribution in [0.3, 0.4) is 0 Å². The molecule has 8 nitrogen and oxygen atoms in total. The van der Waals surface area contributed by atoms with Crippen LogP contribution in [-0.4, -0.2) is 27.4 Å². The molecule has 0 saturated carbocycles. The lowest BCUT2D eigenvalue weighted by molar-refractivity contribution is 0.302. The van der Waals surface area contributed by atoms with Gasteiger partial charge in [-0.1, -0.05) is 5.16 Å². The minimum absolute atomic E-state index is 0.0480. The normalized spacial score (nSPS) is 13.3. The van der Waals surface area contributed by atoms with Crippen molar-refractivity contribution >= 4 is 38.6 Å². The van der Waals surface area contributed by atoms with E-state index in [9.17, 15) is 8.60 Å². The van der Waals surface area contributed by atoms with E-state index in [4.69, 9.17) is 5.73 Å². The SMILES string of the molecule is CNS(=O)NCc1nonc1C(N)=Nc1ccc(F)c(Br)c1. The van der Waals surface area contributed by atoms with Crippen molar-refractivity contribution in [2.75, 3.05) is 7.05 Å². The van der Waals surface area contributed by atoms with Crippen LogP contribution >= 0.6 is 15.9 Å². The van der Waals surface area contributed by atoms with Crippen molar-refractivity contribution in [2.45, 2.75) is 6.54 Å². The fraction of sp³-hybridized carbons (Fsp3) is 0.182. The first-order valence-electron chi connectivity index (χ1n) is 5.95. The lowest BCUT2D eigenvalue weighted by atomic mass is 10.3. The number of aromatic nitrogens is 2. The first-order valence-corrected chi connectivity index (χ1v) is 7.89. The van der Waals surface area contributed by atoms with Crippen LogP contribution in [0.15, 0.2) is 32.3 Å². The predicted molar refractivity (Wildman–Crippen MR) is 82.8 cm³/mol. The molecule has 0 aliphatic heterocycles. The fourth-order valence-electron chi connectivity index (χ4n) is 1.47. The third-order valence-electron chi connectivity index (χ3n) is 2.51. The van der Waals surface area contributed by atoms with Gasteiger partial charge in [0.25, 0.3) is 0 Å². The number of rotatable bonds is 6. The second kappa shape index (κ2) is 7.54. The van der Waals surface area contributed by atoms with Gasteiger partial charge in [-0.3, -0.25) is 0 Å². The molecule has 0 spiro atoms. The average Bonchev–Trinajstić information content (AvgIpc) is 2.97. The first kappa shape index (κ1) is 16.7. The minimum atomic E-state index is -1.41. The molecule has 1 aromatic heterocycles. The first-order chi connectivity index (χ1) is 10.5. The van der Waals surface area contributed by atoms with E-state index in [2.05, 4.69) is 45.3 Å². The number of aliphatic imine (C=N–C) groups is 1. The summed E-state index contributed by atoms with van der Waals surface area (Å²) in [5, 5.41) is 7.34. The van der Waals surface area contributed by atoms with Crippen LogP contribution in [0.2, 0.25) is 0 Å². The Morgan fingerprint density at radius 1 is 1.55 bits per heavy atom. The van der Waals surface area contributed by atoms with E-state index in [1.165, 1.54) is 25.2 Å². The van der Waals surface area contributed by atoms with Crippen molar-refractivity contribution in [3.63, 3.8) is 0 Å². The lowest BCUT2D eigenvalue weighted by Gasteiger charge is -2.02. The van der Waals surface area contributed by atoms with Crippen LogP contribution in [-0.2, 0) is 17.7 Å². The van der Waals surface area contributed by atoms with E-state index in [-0.39, 0.29) is 22.5 Å². The van der Waals surface area contributed by atoms with Gasteiger partial charge in [0.05, 0.1) is 16.7 Å². The number of nitrogens with zero attached hydrogens (tertiary/aromatic N) is 3. The fourth-order valence-corrected chi connectivity index (χ4v) is 2.25. The molecule has 1 heterocycles. The van der Waals surface area contributed by atoms with Crippen LogP contribution in [0.25, 0.3) is 0 Å². The van der Waals surface area contributed by atoms with Gasteiger partial charge >= 0.3 is 0 Å². The zero-order valence-electron chi connectivity index (χ0n) is 11.3. The molecule has 0 radical (unpaired) electrons. The highest BCUT2D eigenvalue weighted by Crippen LogP contribution is 2.22. The number of hydrogen-bond acceptors (Lipinski definition) is 5. The van der Waals surface area contributed by atoms with Gasteiger partial charge < -0.3 is 5.73 Å². The van der Waals surface area contributed by atoms with Crippen molar-refractivity contribution in [1.82, 2.24) is 19.8 Å². The Bertz CT molecular complexity index is 722. The van der Waals surface area contributed by atoms with Crippen molar-refractivity contribution in [3.05, 3.63) is 39.9 Å². The summed E-state index contributed by atoms with van der Waals surface area (Å²) in [4.78, 5) is 4.13. The maximum absolute atomic E-state index is 13.2. The smallest absolute Gasteiger partial charge is 0.174 e. The summed E-state index contributed by atoms with van der Waals surface area (Å²) < 4.78 is 34.5. The molecule has 0 aliphatic rings. The van der Waals surface area contributed by atoms with Gasteiger partial charge in [0.15, 0.2) is 22.7 Å². The van der Waals surface area contributed by atoms with Crippen molar-refractivity contribution < 1.29 is 13.2 Å². The molecule has 0 fully saturated rings. The summed E-state index contributed by atoms with van der Waals surface area (Å²) in [5.74, 6) is -0.355. The van der Waals surface area contributed by atoms with E-state index >= 15 is 0 Å². The number of nitrogens with one attached hydrogen (secondary N) is 2. The summed E-state index contributed by atoms with van der Waals surface area (Å²) in [5.41, 5.74) is 6.87. The quantitative estimate of drug-likeness (QED) is 0.499. The Kier molecular flexibility index (Phi) is 5.71. The zero-order chi connectivity index (χ0) is 16.1. The monoisotopic (exact) mass is 390 g/mol. The third-order valence-corrected chi connectivity index (χ3v) is 3.89.